The van der Waals surface area contributed by atoms with Gasteiger partial charge in [-0.05, 0) is 49.2 Å². The molecule has 1 atom stereocenters. The molecular weight excluding hydrogens is 322 g/mol. The Morgan fingerprint density at radius 1 is 1.00 bits per heavy atom. The zero-order valence-electron chi connectivity index (χ0n) is 14.1. The van der Waals surface area contributed by atoms with Crippen LogP contribution in [0.5, 0.6) is 0 Å². The third kappa shape index (κ3) is 2.77. The second-order valence-corrected chi connectivity index (χ2v) is 6.84. The van der Waals surface area contributed by atoms with E-state index in [1.165, 1.54) is 24.3 Å². The highest BCUT2D eigenvalue weighted by atomic mass is 19.1. The number of carbonyl (C=O) groups is 1. The van der Waals surface area contributed by atoms with Crippen molar-refractivity contribution in [2.45, 2.75) is 26.3 Å². The summed E-state index contributed by atoms with van der Waals surface area (Å²) < 4.78 is 29.4. The zero-order valence-corrected chi connectivity index (χ0v) is 14.1. The van der Waals surface area contributed by atoms with Crippen LogP contribution in [-0.2, 0) is 11.3 Å². The van der Waals surface area contributed by atoms with E-state index in [1.807, 2.05) is 11.8 Å². The molecule has 3 aromatic rings. The number of rotatable bonds is 4. The number of halogens is 2. The van der Waals surface area contributed by atoms with Crippen molar-refractivity contribution in [3.05, 3.63) is 48.0 Å². The molecule has 0 N–H and O–H groups in total. The van der Waals surface area contributed by atoms with Crippen LogP contribution in [0.1, 0.15) is 19.8 Å². The van der Waals surface area contributed by atoms with Gasteiger partial charge in [-0.1, -0.05) is 6.92 Å². The highest BCUT2D eigenvalue weighted by Crippen LogP contribution is 2.30. The SMILES string of the molecule is C[C@@H]1CCN(CCCn2c3ccc(F)cc3c3cc(F)ccc32)C1=O. The average Bonchev–Trinajstić information content (AvgIpc) is 3.06. The highest BCUT2D eigenvalue weighted by molar-refractivity contribution is 6.08. The lowest BCUT2D eigenvalue weighted by atomic mass is 10.1. The lowest BCUT2D eigenvalue weighted by Gasteiger charge is -2.16. The molecule has 5 heteroatoms. The van der Waals surface area contributed by atoms with Crippen LogP contribution in [0.2, 0.25) is 0 Å². The Bertz CT molecular complexity index is 904. The summed E-state index contributed by atoms with van der Waals surface area (Å²) in [6.45, 7) is 4.21. The minimum atomic E-state index is -0.326. The number of nitrogens with zero attached hydrogens (tertiary/aromatic N) is 2. The molecule has 1 amide bonds. The molecule has 25 heavy (non-hydrogen) atoms. The predicted octanol–water partition coefficient (Wildman–Crippen LogP) is 4.33. The summed E-state index contributed by atoms with van der Waals surface area (Å²) in [6.07, 6.45) is 1.73. The van der Waals surface area contributed by atoms with Gasteiger partial charge in [-0.15, -0.1) is 0 Å². The Balaban J connectivity index is 1.65. The smallest absolute Gasteiger partial charge is 0.225 e. The molecule has 0 bridgehead atoms. The number of carbonyl (C=O) groups excluding carboxylic acids is 1. The van der Waals surface area contributed by atoms with Gasteiger partial charge in [0.2, 0.25) is 5.91 Å². The summed E-state index contributed by atoms with van der Waals surface area (Å²) in [7, 11) is 0. The third-order valence-corrected chi connectivity index (χ3v) is 5.16. The molecule has 1 saturated heterocycles. The molecule has 0 radical (unpaired) electrons. The number of amides is 1. The van der Waals surface area contributed by atoms with Gasteiger partial charge in [0.1, 0.15) is 11.6 Å². The monoisotopic (exact) mass is 342 g/mol. The molecular formula is C20H20F2N2O. The first kappa shape index (κ1) is 16.1. The van der Waals surface area contributed by atoms with Gasteiger partial charge in [-0.3, -0.25) is 4.79 Å². The van der Waals surface area contributed by atoms with E-state index >= 15 is 0 Å². The average molecular weight is 342 g/mol. The summed E-state index contributed by atoms with van der Waals surface area (Å²) in [5.74, 6) is -0.300. The number of aryl methyl sites for hydroxylation is 1. The normalized spacial score (nSPS) is 18.0. The minimum Gasteiger partial charge on any atom is -0.342 e. The Hall–Kier alpha value is -2.43. The van der Waals surface area contributed by atoms with Crippen LogP contribution in [0.4, 0.5) is 8.78 Å². The predicted molar refractivity (Wildman–Crippen MR) is 94.3 cm³/mol. The number of fused-ring (bicyclic) bond motifs is 3. The molecule has 0 spiro atoms. The molecule has 3 nitrogen and oxygen atoms in total. The molecule has 0 aliphatic carbocycles. The van der Waals surface area contributed by atoms with Crippen molar-refractivity contribution in [2.24, 2.45) is 5.92 Å². The topological polar surface area (TPSA) is 25.2 Å². The maximum absolute atomic E-state index is 13.7. The molecule has 2 aromatic carbocycles. The highest BCUT2D eigenvalue weighted by Gasteiger charge is 2.27. The van der Waals surface area contributed by atoms with E-state index in [0.717, 1.165) is 41.2 Å². The third-order valence-electron chi connectivity index (χ3n) is 5.16. The van der Waals surface area contributed by atoms with E-state index in [1.54, 1.807) is 12.1 Å². The van der Waals surface area contributed by atoms with Crippen LogP contribution in [0.25, 0.3) is 21.8 Å². The van der Waals surface area contributed by atoms with E-state index in [9.17, 15) is 13.6 Å². The lowest BCUT2D eigenvalue weighted by molar-refractivity contribution is -0.130. The molecule has 4 rings (SSSR count). The molecule has 0 saturated carbocycles. The van der Waals surface area contributed by atoms with Crippen LogP contribution in [-0.4, -0.2) is 28.5 Å². The largest absolute Gasteiger partial charge is 0.342 e. The summed E-state index contributed by atoms with van der Waals surface area (Å²) in [5.41, 5.74) is 1.78. The van der Waals surface area contributed by atoms with Crippen LogP contribution in [0.3, 0.4) is 0 Å². The van der Waals surface area contributed by atoms with Gasteiger partial charge in [0, 0.05) is 47.4 Å². The van der Waals surface area contributed by atoms with Crippen molar-refractivity contribution >= 4 is 27.7 Å². The van der Waals surface area contributed by atoms with Gasteiger partial charge in [-0.25, -0.2) is 8.78 Å². The van der Waals surface area contributed by atoms with Crippen molar-refractivity contribution in [2.75, 3.05) is 13.1 Å². The van der Waals surface area contributed by atoms with Crippen LogP contribution < -0.4 is 0 Å². The maximum atomic E-state index is 13.7. The molecule has 1 fully saturated rings. The Kier molecular flexibility index (Phi) is 3.94. The van der Waals surface area contributed by atoms with E-state index in [2.05, 4.69) is 4.57 Å². The van der Waals surface area contributed by atoms with Gasteiger partial charge in [-0.2, -0.15) is 0 Å². The molecule has 1 aromatic heterocycles. The van der Waals surface area contributed by atoms with Crippen molar-refractivity contribution in [3.8, 4) is 0 Å². The molecule has 1 aliphatic heterocycles. The summed E-state index contributed by atoms with van der Waals surface area (Å²) in [6, 6.07) is 9.26. The summed E-state index contributed by atoms with van der Waals surface area (Å²) in [4.78, 5) is 13.9. The molecule has 1 aliphatic rings. The van der Waals surface area contributed by atoms with E-state index in [4.69, 9.17) is 0 Å². The minimum absolute atomic E-state index is 0.124. The lowest BCUT2D eigenvalue weighted by Crippen LogP contribution is -2.28. The number of aromatic nitrogens is 1. The van der Waals surface area contributed by atoms with Crippen LogP contribution in [0, 0.1) is 17.6 Å². The number of benzene rings is 2. The van der Waals surface area contributed by atoms with Gasteiger partial charge in [0.05, 0.1) is 0 Å². The van der Waals surface area contributed by atoms with Crippen LogP contribution >= 0.6 is 0 Å². The van der Waals surface area contributed by atoms with Gasteiger partial charge >= 0.3 is 0 Å². The first-order chi connectivity index (χ1) is 12.0. The first-order valence-electron chi connectivity index (χ1n) is 8.70. The zero-order chi connectivity index (χ0) is 17.6. The van der Waals surface area contributed by atoms with E-state index < -0.39 is 0 Å². The standard InChI is InChI=1S/C20H20F2N2O/c1-13-7-10-23(20(13)25)8-2-9-24-18-5-3-14(21)11-16(18)17-12-15(22)4-6-19(17)24/h3-6,11-13H,2,7-10H2,1H3/t13-/m1/s1. The molecule has 130 valence electrons. The second-order valence-electron chi connectivity index (χ2n) is 6.84. The van der Waals surface area contributed by atoms with E-state index in [-0.39, 0.29) is 23.5 Å². The van der Waals surface area contributed by atoms with E-state index in [0.29, 0.717) is 13.1 Å². The van der Waals surface area contributed by atoms with Crippen molar-refractivity contribution in [3.63, 3.8) is 0 Å². The first-order valence-corrected chi connectivity index (χ1v) is 8.70. The quantitative estimate of drug-likeness (QED) is 0.693. The Morgan fingerprint density at radius 2 is 1.60 bits per heavy atom. The van der Waals surface area contributed by atoms with Crippen molar-refractivity contribution in [1.29, 1.82) is 0 Å². The number of likely N-dealkylation sites (tertiary alicyclic amines) is 1. The number of hydrogen-bond donors (Lipinski definition) is 0. The fraction of sp³-hybridized carbons (Fsp3) is 0.350. The van der Waals surface area contributed by atoms with Crippen molar-refractivity contribution in [1.82, 2.24) is 9.47 Å². The molecule has 2 heterocycles. The Labute approximate surface area is 144 Å². The van der Waals surface area contributed by atoms with Gasteiger partial charge < -0.3 is 9.47 Å². The van der Waals surface area contributed by atoms with Gasteiger partial charge in [0.25, 0.3) is 0 Å². The molecule has 0 unspecified atom stereocenters. The maximum Gasteiger partial charge on any atom is 0.225 e. The number of hydrogen-bond acceptors (Lipinski definition) is 1. The van der Waals surface area contributed by atoms with Crippen LogP contribution in [0.15, 0.2) is 36.4 Å². The fourth-order valence-corrected chi connectivity index (χ4v) is 3.83. The van der Waals surface area contributed by atoms with Gasteiger partial charge in [0.15, 0.2) is 0 Å². The second kappa shape index (κ2) is 6.14. The van der Waals surface area contributed by atoms with Crippen molar-refractivity contribution < 1.29 is 13.6 Å². The Morgan fingerprint density at radius 3 is 2.12 bits per heavy atom. The summed E-state index contributed by atoms with van der Waals surface area (Å²) in [5, 5.41) is 1.45. The fourth-order valence-electron chi connectivity index (χ4n) is 3.83. The summed E-state index contributed by atoms with van der Waals surface area (Å²) >= 11 is 0.